The van der Waals surface area contributed by atoms with Crippen LogP contribution in [0, 0.1) is 0 Å². The van der Waals surface area contributed by atoms with E-state index in [2.05, 4.69) is 15.2 Å². The maximum absolute atomic E-state index is 12.4. The average Bonchev–Trinajstić information content (AvgIpc) is 3.03. The predicted octanol–water partition coefficient (Wildman–Crippen LogP) is 0.524. The van der Waals surface area contributed by atoms with Gasteiger partial charge in [0.1, 0.15) is 6.10 Å². The molecule has 1 N–H and O–H groups in total. The minimum atomic E-state index is -0.288. The predicted molar refractivity (Wildman–Crippen MR) is 88.4 cm³/mol. The van der Waals surface area contributed by atoms with Crippen LogP contribution in [0.5, 0.6) is 5.88 Å². The first-order valence-corrected chi connectivity index (χ1v) is 7.68. The van der Waals surface area contributed by atoms with E-state index in [1.807, 2.05) is 25.1 Å². The lowest BCUT2D eigenvalue weighted by atomic mass is 10.2. The molecule has 8 heteroatoms. The van der Waals surface area contributed by atoms with Crippen molar-refractivity contribution in [3.8, 4) is 5.88 Å². The molecule has 126 valence electrons. The quantitative estimate of drug-likeness (QED) is 0.879. The molecule has 2 aromatic heterocycles. The lowest BCUT2D eigenvalue weighted by Crippen LogP contribution is -2.31. The Labute approximate surface area is 139 Å². The van der Waals surface area contributed by atoms with Crippen molar-refractivity contribution in [2.45, 2.75) is 12.5 Å². The van der Waals surface area contributed by atoms with E-state index in [9.17, 15) is 9.59 Å². The van der Waals surface area contributed by atoms with Gasteiger partial charge in [-0.1, -0.05) is 0 Å². The van der Waals surface area contributed by atoms with Crippen LogP contribution in [-0.2, 0) is 0 Å². The number of carbonyl (C=O) groups excluding carboxylic acids is 1. The molecule has 2 aromatic rings. The van der Waals surface area contributed by atoms with Crippen molar-refractivity contribution < 1.29 is 9.53 Å². The first kappa shape index (κ1) is 16.0. The molecule has 1 aliphatic rings. The van der Waals surface area contributed by atoms with Crippen LogP contribution in [0.1, 0.15) is 16.8 Å². The number of rotatable bonds is 4. The monoisotopic (exact) mass is 329 g/mol. The lowest BCUT2D eigenvalue weighted by molar-refractivity contribution is 0.0770. The number of aromatic nitrogens is 3. The highest BCUT2D eigenvalue weighted by Gasteiger charge is 2.28. The summed E-state index contributed by atoms with van der Waals surface area (Å²) in [6.07, 6.45) is 2.06. The summed E-state index contributed by atoms with van der Waals surface area (Å²) in [6.45, 7) is 1.04. The molecule has 3 rings (SSSR count). The van der Waals surface area contributed by atoms with Gasteiger partial charge in [-0.25, -0.2) is 0 Å². The number of hydrogen-bond acceptors (Lipinski definition) is 6. The zero-order chi connectivity index (χ0) is 17.1. The van der Waals surface area contributed by atoms with Gasteiger partial charge in [-0.05, 0) is 12.1 Å². The summed E-state index contributed by atoms with van der Waals surface area (Å²) in [7, 11) is 3.78. The Morgan fingerprint density at radius 2 is 2.17 bits per heavy atom. The van der Waals surface area contributed by atoms with Gasteiger partial charge in [-0.15, -0.1) is 10.2 Å². The van der Waals surface area contributed by atoms with Gasteiger partial charge < -0.3 is 19.5 Å². The number of pyridine rings is 1. The van der Waals surface area contributed by atoms with Gasteiger partial charge in [0.25, 0.3) is 5.91 Å². The maximum Gasteiger partial charge on any atom is 0.254 e. The van der Waals surface area contributed by atoms with Crippen molar-refractivity contribution in [2.24, 2.45) is 0 Å². The van der Waals surface area contributed by atoms with E-state index in [4.69, 9.17) is 4.74 Å². The van der Waals surface area contributed by atoms with E-state index in [1.54, 1.807) is 17.0 Å². The minimum Gasteiger partial charge on any atom is -0.471 e. The number of H-pyrrole nitrogens is 1. The normalized spacial score (nSPS) is 16.9. The van der Waals surface area contributed by atoms with Crippen LogP contribution in [0.4, 0.5) is 5.82 Å². The van der Waals surface area contributed by atoms with E-state index in [0.29, 0.717) is 31.0 Å². The van der Waals surface area contributed by atoms with Gasteiger partial charge in [-0.3, -0.25) is 9.59 Å². The second-order valence-electron chi connectivity index (χ2n) is 5.85. The Bertz CT molecular complexity index is 772. The van der Waals surface area contributed by atoms with Crippen molar-refractivity contribution in [2.75, 3.05) is 32.1 Å². The van der Waals surface area contributed by atoms with Crippen molar-refractivity contribution >= 4 is 11.7 Å². The number of hydrogen-bond donors (Lipinski definition) is 1. The second-order valence-corrected chi connectivity index (χ2v) is 5.85. The average molecular weight is 329 g/mol. The molecule has 0 aromatic carbocycles. The van der Waals surface area contributed by atoms with Crippen LogP contribution in [0.2, 0.25) is 0 Å². The Kier molecular flexibility index (Phi) is 4.45. The molecular weight excluding hydrogens is 310 g/mol. The minimum absolute atomic E-state index is 0.129. The standard InChI is InChI=1S/C16H19N5O3/c1-20(2)13-3-4-15(19-18-13)24-12-6-8-21(10-12)16(23)11-5-7-17-14(22)9-11/h3-5,7,9,12H,6,8,10H2,1-2H3,(H,17,22). The molecule has 1 aliphatic heterocycles. The lowest BCUT2D eigenvalue weighted by Gasteiger charge is -2.17. The van der Waals surface area contributed by atoms with E-state index in [-0.39, 0.29) is 17.6 Å². The molecular formula is C16H19N5O3. The summed E-state index contributed by atoms with van der Waals surface area (Å²) < 4.78 is 5.80. The van der Waals surface area contributed by atoms with Crippen LogP contribution in [-0.4, -0.2) is 59.3 Å². The van der Waals surface area contributed by atoms with Crippen LogP contribution >= 0.6 is 0 Å². The number of amides is 1. The number of anilines is 1. The Balaban J connectivity index is 1.61. The molecule has 3 heterocycles. The van der Waals surface area contributed by atoms with Crippen molar-refractivity contribution in [3.63, 3.8) is 0 Å². The molecule has 0 radical (unpaired) electrons. The summed E-state index contributed by atoms with van der Waals surface area (Å²) in [5.41, 5.74) is 0.0960. The topological polar surface area (TPSA) is 91.4 Å². The Morgan fingerprint density at radius 1 is 1.33 bits per heavy atom. The zero-order valence-electron chi connectivity index (χ0n) is 13.6. The van der Waals surface area contributed by atoms with E-state index >= 15 is 0 Å². The fourth-order valence-electron chi connectivity index (χ4n) is 2.55. The number of likely N-dealkylation sites (tertiary alicyclic amines) is 1. The highest BCUT2D eigenvalue weighted by Crippen LogP contribution is 2.18. The van der Waals surface area contributed by atoms with E-state index < -0.39 is 0 Å². The van der Waals surface area contributed by atoms with Crippen LogP contribution < -0.4 is 15.2 Å². The second kappa shape index (κ2) is 6.69. The molecule has 8 nitrogen and oxygen atoms in total. The third kappa shape index (κ3) is 3.53. The van der Waals surface area contributed by atoms with Gasteiger partial charge in [0.2, 0.25) is 11.4 Å². The number of nitrogens with one attached hydrogen (secondary N) is 1. The van der Waals surface area contributed by atoms with E-state index in [0.717, 1.165) is 5.82 Å². The molecule has 0 bridgehead atoms. The summed E-state index contributed by atoms with van der Waals surface area (Å²) >= 11 is 0. The Morgan fingerprint density at radius 3 is 2.83 bits per heavy atom. The molecule has 1 saturated heterocycles. The summed E-state index contributed by atoms with van der Waals surface area (Å²) in [6, 6.07) is 6.51. The van der Waals surface area contributed by atoms with Crippen molar-refractivity contribution in [3.05, 3.63) is 46.4 Å². The fraction of sp³-hybridized carbons (Fsp3) is 0.375. The summed E-state index contributed by atoms with van der Waals surface area (Å²) in [4.78, 5) is 29.8. The van der Waals surface area contributed by atoms with Gasteiger partial charge in [0.15, 0.2) is 5.82 Å². The van der Waals surface area contributed by atoms with Gasteiger partial charge >= 0.3 is 0 Å². The third-order valence-corrected chi connectivity index (χ3v) is 3.83. The SMILES string of the molecule is CN(C)c1ccc(OC2CCN(C(=O)c3cc[nH]c(=O)c3)C2)nn1. The summed E-state index contributed by atoms with van der Waals surface area (Å²) in [5.74, 6) is 1.03. The van der Waals surface area contributed by atoms with Crippen molar-refractivity contribution in [1.82, 2.24) is 20.1 Å². The Hall–Kier alpha value is -2.90. The molecule has 24 heavy (non-hydrogen) atoms. The van der Waals surface area contributed by atoms with Crippen LogP contribution in [0.15, 0.2) is 35.3 Å². The largest absolute Gasteiger partial charge is 0.471 e. The van der Waals surface area contributed by atoms with Gasteiger partial charge in [0, 0.05) is 51.0 Å². The third-order valence-electron chi connectivity index (χ3n) is 3.83. The first-order chi connectivity index (χ1) is 11.5. The molecule has 1 fully saturated rings. The zero-order valence-corrected chi connectivity index (χ0v) is 13.6. The van der Waals surface area contributed by atoms with Crippen LogP contribution in [0.25, 0.3) is 0 Å². The molecule has 0 spiro atoms. The van der Waals surface area contributed by atoms with Crippen LogP contribution in [0.3, 0.4) is 0 Å². The number of carbonyl (C=O) groups is 1. The molecule has 0 saturated carbocycles. The highest BCUT2D eigenvalue weighted by molar-refractivity contribution is 5.94. The van der Waals surface area contributed by atoms with Crippen molar-refractivity contribution in [1.29, 1.82) is 0 Å². The maximum atomic E-state index is 12.4. The molecule has 1 atom stereocenters. The molecule has 1 amide bonds. The smallest absolute Gasteiger partial charge is 0.254 e. The van der Waals surface area contributed by atoms with E-state index in [1.165, 1.54) is 12.3 Å². The fourth-order valence-corrected chi connectivity index (χ4v) is 2.55. The van der Waals surface area contributed by atoms with Gasteiger partial charge in [0.05, 0.1) is 6.54 Å². The highest BCUT2D eigenvalue weighted by atomic mass is 16.5. The number of nitrogens with zero attached hydrogens (tertiary/aromatic N) is 4. The van der Waals surface area contributed by atoms with Gasteiger partial charge in [-0.2, -0.15) is 0 Å². The number of ether oxygens (including phenoxy) is 1. The number of aromatic amines is 1. The molecule has 1 unspecified atom stereocenters. The first-order valence-electron chi connectivity index (χ1n) is 7.68. The summed E-state index contributed by atoms with van der Waals surface area (Å²) in [5, 5.41) is 8.10. The molecule has 0 aliphatic carbocycles.